The second kappa shape index (κ2) is 13.4. The molecule has 3 rings (SSSR count). The van der Waals surface area contributed by atoms with Crippen LogP contribution < -0.4 is 0 Å². The molecule has 1 heterocycles. The largest absolute Gasteiger partial charge is 0.375 e. The van der Waals surface area contributed by atoms with Crippen LogP contribution in [-0.2, 0) is 11.3 Å². The van der Waals surface area contributed by atoms with Crippen LogP contribution in [0.4, 0.5) is 4.39 Å². The van der Waals surface area contributed by atoms with Crippen LogP contribution in [0, 0.1) is 5.82 Å². The molecule has 0 N–H and O–H groups in total. The molecule has 1 aliphatic heterocycles. The van der Waals surface area contributed by atoms with Gasteiger partial charge in [0.05, 0.1) is 13.2 Å². The Bertz CT molecular complexity index is 722. The molecule has 162 valence electrons. The van der Waals surface area contributed by atoms with Crippen molar-refractivity contribution in [2.45, 2.75) is 20.0 Å². The second-order valence-corrected chi connectivity index (χ2v) is 7.48. The van der Waals surface area contributed by atoms with Gasteiger partial charge in [0.2, 0.25) is 0 Å². The summed E-state index contributed by atoms with van der Waals surface area (Å²) < 4.78 is 19.7. The Hall–Kier alpha value is -0.880. The predicted molar refractivity (Wildman–Crippen MR) is 124 cm³/mol. The van der Waals surface area contributed by atoms with Gasteiger partial charge < -0.3 is 9.64 Å². The van der Waals surface area contributed by atoms with Crippen LogP contribution in [0.3, 0.4) is 0 Å². The van der Waals surface area contributed by atoms with E-state index in [-0.39, 0.29) is 30.6 Å². The molecule has 1 fully saturated rings. The van der Waals surface area contributed by atoms with E-state index in [4.69, 9.17) is 16.3 Å². The molecular formula is C22H30Cl3FN2O. The van der Waals surface area contributed by atoms with Crippen molar-refractivity contribution in [1.29, 1.82) is 0 Å². The van der Waals surface area contributed by atoms with E-state index in [0.29, 0.717) is 18.2 Å². The number of halogens is 4. The van der Waals surface area contributed by atoms with Gasteiger partial charge in [-0.05, 0) is 53.9 Å². The zero-order chi connectivity index (χ0) is 19.1. The fourth-order valence-electron chi connectivity index (χ4n) is 3.50. The molecule has 0 bridgehead atoms. The maximum absolute atomic E-state index is 13.8. The predicted octanol–water partition coefficient (Wildman–Crippen LogP) is 5.53. The van der Waals surface area contributed by atoms with Crippen LogP contribution in [0.25, 0.3) is 11.1 Å². The number of piperazine rings is 1. The number of nitrogens with zero attached hydrogens (tertiary/aromatic N) is 2. The lowest BCUT2D eigenvalue weighted by Gasteiger charge is -2.34. The molecule has 1 aliphatic rings. The highest BCUT2D eigenvalue weighted by atomic mass is 35.5. The lowest BCUT2D eigenvalue weighted by molar-refractivity contribution is 0.0686. The standard InChI is InChI=1S/C22H28ClFN2O.2ClH/c1-2-9-25-10-12-26(13-11-25)14-15-27-17-19-5-8-21(24)16-22(19)18-3-6-20(23)7-4-18;;/h3-8,16H,2,9-15,17H2,1H3;2*1H. The van der Waals surface area contributed by atoms with Crippen molar-refractivity contribution in [3.05, 3.63) is 58.9 Å². The fourth-order valence-corrected chi connectivity index (χ4v) is 3.63. The van der Waals surface area contributed by atoms with Gasteiger partial charge in [0, 0.05) is 37.7 Å². The Kier molecular flexibility index (Phi) is 12.1. The Morgan fingerprint density at radius 1 is 0.931 bits per heavy atom. The van der Waals surface area contributed by atoms with Crippen LogP contribution in [0.5, 0.6) is 0 Å². The van der Waals surface area contributed by atoms with E-state index in [1.54, 1.807) is 6.07 Å². The molecule has 2 aromatic rings. The Morgan fingerprint density at radius 2 is 1.55 bits per heavy atom. The van der Waals surface area contributed by atoms with Crippen molar-refractivity contribution in [3.63, 3.8) is 0 Å². The summed E-state index contributed by atoms with van der Waals surface area (Å²) in [6.45, 7) is 10.0. The summed E-state index contributed by atoms with van der Waals surface area (Å²) in [5.41, 5.74) is 2.80. The molecule has 29 heavy (non-hydrogen) atoms. The second-order valence-electron chi connectivity index (χ2n) is 7.04. The van der Waals surface area contributed by atoms with Gasteiger partial charge in [-0.2, -0.15) is 0 Å². The first-order valence-electron chi connectivity index (χ1n) is 9.72. The van der Waals surface area contributed by atoms with Crippen molar-refractivity contribution < 1.29 is 9.13 Å². The number of hydrogen-bond donors (Lipinski definition) is 0. The molecule has 7 heteroatoms. The molecule has 0 aliphatic carbocycles. The summed E-state index contributed by atoms with van der Waals surface area (Å²) in [5, 5.41) is 0.673. The molecule has 0 unspecified atom stereocenters. The zero-order valence-corrected chi connectivity index (χ0v) is 19.2. The van der Waals surface area contributed by atoms with Crippen LogP contribution in [-0.4, -0.2) is 55.7 Å². The topological polar surface area (TPSA) is 15.7 Å². The van der Waals surface area contributed by atoms with Crippen molar-refractivity contribution in [2.75, 3.05) is 45.9 Å². The summed E-state index contributed by atoms with van der Waals surface area (Å²) in [6, 6.07) is 12.3. The first-order chi connectivity index (χ1) is 13.2. The Morgan fingerprint density at radius 3 is 2.17 bits per heavy atom. The quantitative estimate of drug-likeness (QED) is 0.478. The molecule has 3 nitrogen and oxygen atoms in total. The third kappa shape index (κ3) is 8.05. The van der Waals surface area contributed by atoms with E-state index < -0.39 is 0 Å². The third-order valence-electron chi connectivity index (χ3n) is 5.04. The summed E-state index contributed by atoms with van der Waals surface area (Å²) in [7, 11) is 0. The van der Waals surface area contributed by atoms with Gasteiger partial charge in [0.1, 0.15) is 5.82 Å². The SMILES string of the molecule is CCCN1CCN(CCOCc2ccc(F)cc2-c2ccc(Cl)cc2)CC1.Cl.Cl. The molecule has 0 radical (unpaired) electrons. The normalized spacial score (nSPS) is 14.9. The molecule has 1 saturated heterocycles. The van der Waals surface area contributed by atoms with Crippen LogP contribution in [0.1, 0.15) is 18.9 Å². The number of hydrogen-bond acceptors (Lipinski definition) is 3. The van der Waals surface area contributed by atoms with Gasteiger partial charge in [0.25, 0.3) is 0 Å². The van der Waals surface area contributed by atoms with E-state index in [0.717, 1.165) is 49.4 Å². The van der Waals surface area contributed by atoms with Crippen molar-refractivity contribution in [1.82, 2.24) is 9.80 Å². The highest BCUT2D eigenvalue weighted by Gasteiger charge is 2.15. The van der Waals surface area contributed by atoms with Gasteiger partial charge >= 0.3 is 0 Å². The van der Waals surface area contributed by atoms with Crippen LogP contribution >= 0.6 is 36.4 Å². The third-order valence-corrected chi connectivity index (χ3v) is 5.29. The number of ether oxygens (including phenoxy) is 1. The minimum Gasteiger partial charge on any atom is -0.375 e. The van der Waals surface area contributed by atoms with E-state index in [1.165, 1.54) is 19.0 Å². The molecule has 0 spiro atoms. The van der Waals surface area contributed by atoms with Crippen molar-refractivity contribution in [3.8, 4) is 11.1 Å². The number of rotatable bonds is 8. The lowest BCUT2D eigenvalue weighted by Crippen LogP contribution is -2.47. The Labute approximate surface area is 191 Å². The van der Waals surface area contributed by atoms with E-state index in [1.807, 2.05) is 30.3 Å². The average Bonchev–Trinajstić information content (AvgIpc) is 2.68. The maximum atomic E-state index is 13.8. The minimum atomic E-state index is -0.242. The van der Waals surface area contributed by atoms with Crippen molar-refractivity contribution >= 4 is 36.4 Å². The van der Waals surface area contributed by atoms with E-state index in [2.05, 4.69) is 16.7 Å². The molecule has 0 atom stereocenters. The summed E-state index contributed by atoms with van der Waals surface area (Å²) >= 11 is 5.97. The summed E-state index contributed by atoms with van der Waals surface area (Å²) in [4.78, 5) is 4.98. The minimum absolute atomic E-state index is 0. The fraction of sp³-hybridized carbons (Fsp3) is 0.455. The molecule has 0 aromatic heterocycles. The summed E-state index contributed by atoms with van der Waals surface area (Å²) in [5.74, 6) is -0.242. The van der Waals surface area contributed by atoms with E-state index in [9.17, 15) is 4.39 Å². The van der Waals surface area contributed by atoms with Crippen molar-refractivity contribution in [2.24, 2.45) is 0 Å². The molecule has 2 aromatic carbocycles. The average molecular weight is 464 g/mol. The molecule has 0 amide bonds. The maximum Gasteiger partial charge on any atom is 0.123 e. The highest BCUT2D eigenvalue weighted by molar-refractivity contribution is 6.30. The van der Waals surface area contributed by atoms with Gasteiger partial charge in [-0.1, -0.05) is 36.7 Å². The monoisotopic (exact) mass is 462 g/mol. The van der Waals surface area contributed by atoms with Gasteiger partial charge in [-0.15, -0.1) is 24.8 Å². The van der Waals surface area contributed by atoms with Crippen LogP contribution in [0.2, 0.25) is 5.02 Å². The molecular weight excluding hydrogens is 434 g/mol. The first-order valence-corrected chi connectivity index (χ1v) is 10.1. The Balaban J connectivity index is 0.00000210. The first kappa shape index (κ1) is 26.2. The smallest absolute Gasteiger partial charge is 0.123 e. The van der Waals surface area contributed by atoms with Gasteiger partial charge in [-0.3, -0.25) is 4.90 Å². The number of benzene rings is 2. The van der Waals surface area contributed by atoms with Crippen LogP contribution in [0.15, 0.2) is 42.5 Å². The summed E-state index contributed by atoms with van der Waals surface area (Å²) in [6.07, 6.45) is 1.22. The highest BCUT2D eigenvalue weighted by Crippen LogP contribution is 2.26. The van der Waals surface area contributed by atoms with Gasteiger partial charge in [0.15, 0.2) is 0 Å². The molecule has 0 saturated carbocycles. The lowest BCUT2D eigenvalue weighted by atomic mass is 10.00. The zero-order valence-electron chi connectivity index (χ0n) is 16.8. The van der Waals surface area contributed by atoms with E-state index >= 15 is 0 Å². The van der Waals surface area contributed by atoms with Gasteiger partial charge in [-0.25, -0.2) is 4.39 Å².